The van der Waals surface area contributed by atoms with Crippen LogP contribution in [0.4, 0.5) is 0 Å². The molecule has 2 N–H and O–H groups in total. The number of carbonyl (C=O) groups excluding carboxylic acids is 1. The maximum absolute atomic E-state index is 12.7. The van der Waals surface area contributed by atoms with Crippen molar-refractivity contribution < 1.29 is 23.1 Å². The Balaban J connectivity index is 3.00. The minimum atomic E-state index is -3.67. The van der Waals surface area contributed by atoms with Crippen LogP contribution >= 0.6 is 0 Å². The number of benzene rings is 1. The number of hydrogen-bond donors (Lipinski definition) is 2. The molecule has 8 heteroatoms. The number of carboxylic acids is 1. The molecule has 1 rings (SSSR count). The predicted molar refractivity (Wildman–Crippen MR) is 99.7 cm³/mol. The molecule has 0 radical (unpaired) electrons. The largest absolute Gasteiger partial charge is 0.481 e. The van der Waals surface area contributed by atoms with Crippen molar-refractivity contribution >= 4 is 21.9 Å². The van der Waals surface area contributed by atoms with Crippen LogP contribution in [-0.4, -0.2) is 49.3 Å². The van der Waals surface area contributed by atoms with E-state index in [0.29, 0.717) is 18.7 Å². The number of nitrogens with zero attached hydrogens (tertiary/aromatic N) is 1. The molecule has 0 aliphatic carbocycles. The summed E-state index contributed by atoms with van der Waals surface area (Å²) in [5, 5.41) is 11.7. The Morgan fingerprint density at radius 3 is 2.27 bits per heavy atom. The third-order valence-corrected chi connectivity index (χ3v) is 6.58. The zero-order valence-corrected chi connectivity index (χ0v) is 16.8. The summed E-state index contributed by atoms with van der Waals surface area (Å²) in [6, 6.07) is 4.54. The molecule has 0 spiro atoms. The van der Waals surface area contributed by atoms with Crippen molar-refractivity contribution in [3.63, 3.8) is 0 Å². The van der Waals surface area contributed by atoms with Crippen LogP contribution in [0.25, 0.3) is 0 Å². The van der Waals surface area contributed by atoms with Gasteiger partial charge in [-0.2, -0.15) is 4.31 Å². The first kappa shape index (κ1) is 22.1. The molecule has 0 bridgehead atoms. The average Bonchev–Trinajstić information content (AvgIpc) is 2.55. The van der Waals surface area contributed by atoms with Crippen LogP contribution < -0.4 is 5.32 Å². The molecule has 1 aromatic rings. The lowest BCUT2D eigenvalue weighted by molar-refractivity contribution is -0.147. The first-order chi connectivity index (χ1) is 12.0. The van der Waals surface area contributed by atoms with Crippen molar-refractivity contribution in [1.29, 1.82) is 0 Å². The van der Waals surface area contributed by atoms with E-state index in [0.717, 1.165) is 0 Å². The lowest BCUT2D eigenvalue weighted by Gasteiger charge is -2.20. The number of hydrogen-bond acceptors (Lipinski definition) is 4. The average molecular weight is 384 g/mol. The molecule has 0 saturated carbocycles. The molecule has 0 aliphatic heterocycles. The molecule has 0 atom stereocenters. The molecule has 146 valence electrons. The fourth-order valence-electron chi connectivity index (χ4n) is 2.42. The van der Waals surface area contributed by atoms with Crippen LogP contribution in [0.15, 0.2) is 23.1 Å². The van der Waals surface area contributed by atoms with E-state index in [9.17, 15) is 18.0 Å². The van der Waals surface area contributed by atoms with Crippen molar-refractivity contribution in [3.8, 4) is 0 Å². The molecule has 0 saturated heterocycles. The molecular formula is C18H28N2O5S. The van der Waals surface area contributed by atoms with E-state index in [1.807, 2.05) is 0 Å². The minimum Gasteiger partial charge on any atom is -0.481 e. The van der Waals surface area contributed by atoms with Crippen LogP contribution in [-0.2, 0) is 14.8 Å². The normalized spacial score (nSPS) is 12.2. The lowest BCUT2D eigenvalue weighted by Crippen LogP contribution is -2.33. The Labute approximate surface area is 155 Å². The molecule has 0 unspecified atom stereocenters. The van der Waals surface area contributed by atoms with Gasteiger partial charge in [-0.3, -0.25) is 9.59 Å². The van der Waals surface area contributed by atoms with Gasteiger partial charge in [0.05, 0.1) is 10.3 Å². The van der Waals surface area contributed by atoms with E-state index in [1.165, 1.54) is 10.4 Å². The number of aryl methyl sites for hydroxylation is 1. The van der Waals surface area contributed by atoms with Gasteiger partial charge in [0.2, 0.25) is 10.0 Å². The van der Waals surface area contributed by atoms with Gasteiger partial charge < -0.3 is 10.4 Å². The Morgan fingerprint density at radius 1 is 1.19 bits per heavy atom. The van der Waals surface area contributed by atoms with Gasteiger partial charge in [0.1, 0.15) is 0 Å². The smallest absolute Gasteiger partial charge is 0.309 e. The summed E-state index contributed by atoms with van der Waals surface area (Å²) in [5.41, 5.74) is -0.146. The molecule has 0 aromatic heterocycles. The molecule has 0 fully saturated rings. The van der Waals surface area contributed by atoms with Gasteiger partial charge in [0, 0.05) is 25.2 Å². The summed E-state index contributed by atoms with van der Waals surface area (Å²) >= 11 is 0. The summed E-state index contributed by atoms with van der Waals surface area (Å²) < 4.78 is 26.8. The zero-order chi connectivity index (χ0) is 20.1. The van der Waals surface area contributed by atoms with Gasteiger partial charge in [-0.05, 0) is 44.9 Å². The van der Waals surface area contributed by atoms with Gasteiger partial charge in [-0.15, -0.1) is 0 Å². The highest BCUT2D eigenvalue weighted by atomic mass is 32.2. The van der Waals surface area contributed by atoms with Crippen LogP contribution in [0.3, 0.4) is 0 Å². The monoisotopic (exact) mass is 384 g/mol. The van der Waals surface area contributed by atoms with Gasteiger partial charge >= 0.3 is 5.97 Å². The van der Waals surface area contributed by atoms with Crippen molar-refractivity contribution in [2.24, 2.45) is 5.41 Å². The Bertz CT molecular complexity index is 768. The first-order valence-electron chi connectivity index (χ1n) is 8.59. The second-order valence-corrected chi connectivity index (χ2v) is 8.67. The summed E-state index contributed by atoms with van der Waals surface area (Å²) in [6.07, 6.45) is 0.268. The van der Waals surface area contributed by atoms with E-state index in [4.69, 9.17) is 5.11 Å². The maximum Gasteiger partial charge on any atom is 0.309 e. The highest BCUT2D eigenvalue weighted by Gasteiger charge is 2.27. The van der Waals surface area contributed by atoms with Crippen molar-refractivity contribution in [3.05, 3.63) is 29.3 Å². The van der Waals surface area contributed by atoms with E-state index in [2.05, 4.69) is 5.32 Å². The van der Waals surface area contributed by atoms with Crippen LogP contribution in [0.2, 0.25) is 0 Å². The molecule has 1 aromatic carbocycles. The summed E-state index contributed by atoms with van der Waals surface area (Å²) in [4.78, 5) is 23.5. The highest BCUT2D eigenvalue weighted by Crippen LogP contribution is 2.22. The van der Waals surface area contributed by atoms with E-state index in [-0.39, 0.29) is 23.4 Å². The third-order valence-electron chi connectivity index (χ3n) is 4.39. The number of rotatable bonds is 9. The second kappa shape index (κ2) is 8.64. The standard InChI is InChI=1S/C18H28N2O5S/c1-6-20(7-2)26(24,25)15-12-14(9-8-13(15)3)16(21)19-11-10-18(4,5)17(22)23/h8-9,12H,6-7,10-11H2,1-5H3,(H,19,21)(H,22,23). The number of carbonyl (C=O) groups is 2. The van der Waals surface area contributed by atoms with Crippen LogP contribution in [0.5, 0.6) is 0 Å². The number of amides is 1. The van der Waals surface area contributed by atoms with Gasteiger partial charge in [0.25, 0.3) is 5.91 Å². The topological polar surface area (TPSA) is 104 Å². The lowest BCUT2D eigenvalue weighted by atomic mass is 9.90. The fraction of sp³-hybridized carbons (Fsp3) is 0.556. The third kappa shape index (κ3) is 5.04. The maximum atomic E-state index is 12.7. The first-order valence-corrected chi connectivity index (χ1v) is 10.0. The van der Waals surface area contributed by atoms with Crippen molar-refractivity contribution in [2.45, 2.75) is 45.9 Å². The highest BCUT2D eigenvalue weighted by molar-refractivity contribution is 7.89. The van der Waals surface area contributed by atoms with E-state index in [1.54, 1.807) is 46.8 Å². The van der Waals surface area contributed by atoms with Gasteiger partial charge in [-0.25, -0.2) is 8.42 Å². The number of nitrogens with one attached hydrogen (secondary N) is 1. The Kier molecular flexibility index (Phi) is 7.35. The number of sulfonamides is 1. The quantitative estimate of drug-likeness (QED) is 0.680. The predicted octanol–water partition coefficient (Wildman–Crippen LogP) is 2.26. The van der Waals surface area contributed by atoms with Crippen LogP contribution in [0.1, 0.15) is 50.0 Å². The fourth-order valence-corrected chi connectivity index (χ4v) is 4.13. The molecule has 0 heterocycles. The summed E-state index contributed by atoms with van der Waals surface area (Å²) in [5.74, 6) is -1.36. The van der Waals surface area contributed by atoms with Crippen LogP contribution in [0, 0.1) is 12.3 Å². The summed E-state index contributed by atoms with van der Waals surface area (Å²) in [6.45, 7) is 9.26. The zero-order valence-electron chi connectivity index (χ0n) is 16.0. The molecule has 26 heavy (non-hydrogen) atoms. The number of aliphatic carboxylic acids is 1. The van der Waals surface area contributed by atoms with E-state index >= 15 is 0 Å². The molecular weight excluding hydrogens is 356 g/mol. The van der Waals surface area contributed by atoms with E-state index < -0.39 is 27.3 Å². The van der Waals surface area contributed by atoms with Crippen molar-refractivity contribution in [2.75, 3.05) is 19.6 Å². The Hall–Kier alpha value is -1.93. The molecule has 1 amide bonds. The van der Waals surface area contributed by atoms with Crippen molar-refractivity contribution in [1.82, 2.24) is 9.62 Å². The summed E-state index contributed by atoms with van der Waals surface area (Å²) in [7, 11) is -3.67. The van der Waals surface area contributed by atoms with Gasteiger partial charge in [0.15, 0.2) is 0 Å². The SMILES string of the molecule is CCN(CC)S(=O)(=O)c1cc(C(=O)NCCC(C)(C)C(=O)O)ccc1C. The van der Waals surface area contributed by atoms with Gasteiger partial charge in [-0.1, -0.05) is 19.9 Å². The molecule has 0 aliphatic rings. The number of carboxylic acid groups (broad SMARTS) is 1. The minimum absolute atomic E-state index is 0.111. The second-order valence-electron chi connectivity index (χ2n) is 6.76. The Morgan fingerprint density at radius 2 is 1.77 bits per heavy atom. The molecule has 7 nitrogen and oxygen atoms in total.